The minimum absolute atomic E-state index is 1.02. The predicted molar refractivity (Wildman–Crippen MR) is 76.5 cm³/mol. The minimum Gasteiger partial charge on any atom is -0.317 e. The van der Waals surface area contributed by atoms with Gasteiger partial charge >= 0.3 is 0 Å². The number of piperidine rings is 1. The highest BCUT2D eigenvalue weighted by Crippen LogP contribution is 2.20. The van der Waals surface area contributed by atoms with Crippen molar-refractivity contribution in [2.45, 2.75) is 58.8 Å². The van der Waals surface area contributed by atoms with Gasteiger partial charge in [-0.2, -0.15) is 0 Å². The number of hydrogen-bond acceptors (Lipinski definition) is 2. The van der Waals surface area contributed by atoms with E-state index in [4.69, 9.17) is 0 Å². The molecule has 1 N–H and O–H groups in total. The largest absolute Gasteiger partial charge is 0.317 e. The summed E-state index contributed by atoms with van der Waals surface area (Å²) < 4.78 is 0. The van der Waals surface area contributed by atoms with E-state index >= 15 is 0 Å². The third-order valence-corrected chi connectivity index (χ3v) is 4.11. The normalized spacial score (nSPS) is 18.7. The first kappa shape index (κ1) is 15.0. The SMILES string of the molecule is CCNCCCCCCN1CCC(CC)CC1. The molecule has 0 aliphatic carbocycles. The maximum Gasteiger partial charge on any atom is -0.00161 e. The Balaban J connectivity index is 1.87. The summed E-state index contributed by atoms with van der Waals surface area (Å²) in [6.45, 7) is 10.9. The molecular weight excluding hydrogens is 208 g/mol. The molecule has 1 rings (SSSR count). The van der Waals surface area contributed by atoms with Crippen LogP contribution in [0.25, 0.3) is 0 Å². The van der Waals surface area contributed by atoms with Crippen molar-refractivity contribution in [2.75, 3.05) is 32.7 Å². The molecule has 0 spiro atoms. The summed E-state index contributed by atoms with van der Waals surface area (Å²) in [5.41, 5.74) is 0. The number of rotatable bonds is 9. The van der Waals surface area contributed by atoms with E-state index in [9.17, 15) is 0 Å². The van der Waals surface area contributed by atoms with Crippen molar-refractivity contribution >= 4 is 0 Å². The lowest BCUT2D eigenvalue weighted by molar-refractivity contribution is 0.179. The quantitative estimate of drug-likeness (QED) is 0.622. The van der Waals surface area contributed by atoms with Crippen LogP contribution in [0.5, 0.6) is 0 Å². The molecule has 0 amide bonds. The molecule has 0 aromatic heterocycles. The number of nitrogens with one attached hydrogen (secondary N) is 1. The molecule has 0 aromatic rings. The van der Waals surface area contributed by atoms with Crippen LogP contribution < -0.4 is 5.32 Å². The smallest absolute Gasteiger partial charge is 0.00161 e. The predicted octanol–water partition coefficient (Wildman–Crippen LogP) is 3.28. The van der Waals surface area contributed by atoms with Gasteiger partial charge in [0.2, 0.25) is 0 Å². The van der Waals surface area contributed by atoms with E-state index in [1.165, 1.54) is 71.1 Å². The maximum absolute atomic E-state index is 3.39. The van der Waals surface area contributed by atoms with E-state index in [1.54, 1.807) is 0 Å². The Kier molecular flexibility index (Phi) is 8.72. The van der Waals surface area contributed by atoms with Crippen molar-refractivity contribution < 1.29 is 0 Å². The van der Waals surface area contributed by atoms with E-state index in [1.807, 2.05) is 0 Å². The Morgan fingerprint density at radius 3 is 2.35 bits per heavy atom. The second-order valence-corrected chi connectivity index (χ2v) is 5.46. The van der Waals surface area contributed by atoms with Crippen LogP contribution in [0.15, 0.2) is 0 Å². The Labute approximate surface area is 108 Å². The van der Waals surface area contributed by atoms with E-state index in [-0.39, 0.29) is 0 Å². The third kappa shape index (κ3) is 7.05. The van der Waals surface area contributed by atoms with Crippen LogP contribution >= 0.6 is 0 Å². The number of unbranched alkanes of at least 4 members (excludes halogenated alkanes) is 3. The molecule has 17 heavy (non-hydrogen) atoms. The van der Waals surface area contributed by atoms with Gasteiger partial charge in [-0.05, 0) is 64.3 Å². The molecule has 1 saturated heterocycles. The summed E-state index contributed by atoms with van der Waals surface area (Å²) in [7, 11) is 0. The Morgan fingerprint density at radius 1 is 1.00 bits per heavy atom. The van der Waals surface area contributed by atoms with Gasteiger partial charge in [0.25, 0.3) is 0 Å². The standard InChI is InChI=1S/C15H32N2/c1-3-15-9-13-17(14-10-15)12-8-6-5-7-11-16-4-2/h15-16H,3-14H2,1-2H3. The molecule has 2 heteroatoms. The van der Waals surface area contributed by atoms with Crippen molar-refractivity contribution in [1.82, 2.24) is 10.2 Å². The van der Waals surface area contributed by atoms with Crippen LogP contribution in [0.2, 0.25) is 0 Å². The Bertz CT molecular complexity index is 162. The van der Waals surface area contributed by atoms with Crippen molar-refractivity contribution in [1.29, 1.82) is 0 Å². The summed E-state index contributed by atoms with van der Waals surface area (Å²) >= 11 is 0. The molecular formula is C15H32N2. The number of hydrogen-bond donors (Lipinski definition) is 1. The zero-order valence-electron chi connectivity index (χ0n) is 12.0. The zero-order valence-corrected chi connectivity index (χ0v) is 12.0. The van der Waals surface area contributed by atoms with Gasteiger partial charge in [-0.1, -0.05) is 33.1 Å². The van der Waals surface area contributed by atoms with Crippen LogP contribution in [0.3, 0.4) is 0 Å². The fraction of sp³-hybridized carbons (Fsp3) is 1.00. The van der Waals surface area contributed by atoms with E-state index < -0.39 is 0 Å². The summed E-state index contributed by atoms with van der Waals surface area (Å²) in [5.74, 6) is 1.02. The maximum atomic E-state index is 3.39. The highest BCUT2D eigenvalue weighted by Gasteiger charge is 2.16. The number of nitrogens with zero attached hydrogens (tertiary/aromatic N) is 1. The van der Waals surface area contributed by atoms with Crippen LogP contribution in [0.4, 0.5) is 0 Å². The average molecular weight is 240 g/mol. The summed E-state index contributed by atoms with van der Waals surface area (Å²) in [6.07, 6.45) is 9.85. The summed E-state index contributed by atoms with van der Waals surface area (Å²) in [6, 6.07) is 0. The van der Waals surface area contributed by atoms with Gasteiger partial charge in [-0.25, -0.2) is 0 Å². The molecule has 1 aliphatic heterocycles. The highest BCUT2D eigenvalue weighted by molar-refractivity contribution is 4.71. The average Bonchev–Trinajstić information content (AvgIpc) is 2.38. The van der Waals surface area contributed by atoms with Gasteiger partial charge in [-0.3, -0.25) is 0 Å². The first-order chi connectivity index (χ1) is 8.36. The highest BCUT2D eigenvalue weighted by atomic mass is 15.1. The first-order valence-corrected chi connectivity index (χ1v) is 7.79. The Morgan fingerprint density at radius 2 is 1.71 bits per heavy atom. The van der Waals surface area contributed by atoms with Crippen molar-refractivity contribution in [3.8, 4) is 0 Å². The molecule has 0 atom stereocenters. The third-order valence-electron chi connectivity index (χ3n) is 4.11. The molecule has 1 fully saturated rings. The van der Waals surface area contributed by atoms with Crippen LogP contribution in [-0.4, -0.2) is 37.6 Å². The second-order valence-electron chi connectivity index (χ2n) is 5.46. The number of likely N-dealkylation sites (tertiary alicyclic amines) is 1. The van der Waals surface area contributed by atoms with E-state index in [0.717, 1.165) is 12.5 Å². The molecule has 0 unspecified atom stereocenters. The van der Waals surface area contributed by atoms with Crippen LogP contribution in [-0.2, 0) is 0 Å². The lowest BCUT2D eigenvalue weighted by Crippen LogP contribution is -2.34. The van der Waals surface area contributed by atoms with Crippen molar-refractivity contribution in [3.63, 3.8) is 0 Å². The van der Waals surface area contributed by atoms with E-state index in [2.05, 4.69) is 24.1 Å². The van der Waals surface area contributed by atoms with Crippen LogP contribution in [0.1, 0.15) is 58.8 Å². The topological polar surface area (TPSA) is 15.3 Å². The van der Waals surface area contributed by atoms with Gasteiger partial charge in [0.1, 0.15) is 0 Å². The molecule has 0 radical (unpaired) electrons. The summed E-state index contributed by atoms with van der Waals surface area (Å²) in [4.78, 5) is 2.68. The van der Waals surface area contributed by atoms with Gasteiger partial charge in [0.05, 0.1) is 0 Å². The second kappa shape index (κ2) is 9.90. The molecule has 2 nitrogen and oxygen atoms in total. The van der Waals surface area contributed by atoms with Gasteiger partial charge < -0.3 is 10.2 Å². The first-order valence-electron chi connectivity index (χ1n) is 7.79. The van der Waals surface area contributed by atoms with Gasteiger partial charge in [-0.15, -0.1) is 0 Å². The van der Waals surface area contributed by atoms with Gasteiger partial charge in [0.15, 0.2) is 0 Å². The Hall–Kier alpha value is -0.0800. The van der Waals surface area contributed by atoms with Crippen molar-refractivity contribution in [2.24, 2.45) is 5.92 Å². The fourth-order valence-electron chi connectivity index (χ4n) is 2.73. The lowest BCUT2D eigenvalue weighted by Gasteiger charge is -2.31. The van der Waals surface area contributed by atoms with Crippen molar-refractivity contribution in [3.05, 3.63) is 0 Å². The lowest BCUT2D eigenvalue weighted by atomic mass is 9.94. The zero-order chi connectivity index (χ0) is 12.3. The molecule has 102 valence electrons. The molecule has 1 heterocycles. The van der Waals surface area contributed by atoms with Crippen LogP contribution in [0, 0.1) is 5.92 Å². The molecule has 0 bridgehead atoms. The fourth-order valence-corrected chi connectivity index (χ4v) is 2.73. The minimum atomic E-state index is 1.02. The molecule has 1 aliphatic rings. The monoisotopic (exact) mass is 240 g/mol. The summed E-state index contributed by atoms with van der Waals surface area (Å²) in [5, 5.41) is 3.39. The molecule has 0 aromatic carbocycles. The van der Waals surface area contributed by atoms with E-state index in [0.29, 0.717) is 0 Å². The van der Waals surface area contributed by atoms with Gasteiger partial charge in [0, 0.05) is 0 Å². The molecule has 0 saturated carbocycles.